The van der Waals surface area contributed by atoms with Crippen LogP contribution in [0.15, 0.2) is 83.9 Å². The highest BCUT2D eigenvalue weighted by Crippen LogP contribution is 2.27. The van der Waals surface area contributed by atoms with Crippen LogP contribution >= 0.6 is 24.0 Å². The van der Waals surface area contributed by atoms with Crippen LogP contribution in [0.25, 0.3) is 6.08 Å². The summed E-state index contributed by atoms with van der Waals surface area (Å²) >= 11 is 6.21. The molecule has 5 heteroatoms. The van der Waals surface area contributed by atoms with Crippen LogP contribution in [-0.2, 0) is 6.61 Å². The van der Waals surface area contributed by atoms with Gasteiger partial charge in [-0.2, -0.15) is 0 Å². The van der Waals surface area contributed by atoms with Crippen LogP contribution in [0.2, 0.25) is 5.02 Å². The van der Waals surface area contributed by atoms with Crippen molar-refractivity contribution in [2.45, 2.75) is 6.61 Å². The van der Waals surface area contributed by atoms with Crippen molar-refractivity contribution in [1.82, 2.24) is 0 Å². The molecule has 0 saturated heterocycles. The van der Waals surface area contributed by atoms with Crippen molar-refractivity contribution < 1.29 is 4.74 Å². The fourth-order valence-corrected chi connectivity index (χ4v) is 3.50. The van der Waals surface area contributed by atoms with Gasteiger partial charge >= 0.3 is 0 Å². The summed E-state index contributed by atoms with van der Waals surface area (Å²) in [5.41, 5.74) is 5.41. The molecule has 1 aliphatic rings. The number of likely N-dealkylation sites (N-methyl/N-ethyl adjacent to an activating group) is 1. The smallest absolute Gasteiger partial charge is 0.120 e. The summed E-state index contributed by atoms with van der Waals surface area (Å²) in [6.07, 6.45) is 4.15. The van der Waals surface area contributed by atoms with Crippen molar-refractivity contribution >= 4 is 41.5 Å². The number of fused-ring (bicyclic) bond motifs is 1. The molecular formula is C25H24Cl2N2O. The minimum Gasteiger partial charge on any atom is -0.489 e. The quantitative estimate of drug-likeness (QED) is 0.467. The number of ether oxygens (including phenoxy) is 1. The lowest BCUT2D eigenvalue weighted by Gasteiger charge is -2.19. The second-order valence-electron chi connectivity index (χ2n) is 7.03. The van der Waals surface area contributed by atoms with Gasteiger partial charge in [0, 0.05) is 29.9 Å². The molecule has 0 fully saturated rings. The molecule has 1 aliphatic heterocycles. The summed E-state index contributed by atoms with van der Waals surface area (Å²) in [5.74, 6) is 0.853. The van der Waals surface area contributed by atoms with E-state index in [-0.39, 0.29) is 12.4 Å². The van der Waals surface area contributed by atoms with Gasteiger partial charge in [0.2, 0.25) is 0 Å². The molecular weight excluding hydrogens is 415 g/mol. The van der Waals surface area contributed by atoms with Crippen LogP contribution in [0, 0.1) is 0 Å². The van der Waals surface area contributed by atoms with E-state index in [0.717, 1.165) is 52.0 Å². The lowest BCUT2D eigenvalue weighted by molar-refractivity contribution is 0.306. The number of aliphatic imine (C=N–C) groups is 1. The normalized spacial score (nSPS) is 13.3. The molecule has 4 rings (SSSR count). The van der Waals surface area contributed by atoms with Crippen molar-refractivity contribution in [3.8, 4) is 5.75 Å². The number of benzodiazepines with no additional fused rings is 1. The van der Waals surface area contributed by atoms with Crippen molar-refractivity contribution in [3.63, 3.8) is 0 Å². The number of nitrogens with zero attached hydrogens (tertiary/aromatic N) is 2. The number of halogens is 2. The molecule has 0 spiro atoms. The third-order valence-corrected chi connectivity index (χ3v) is 5.14. The number of allylic oxidation sites excluding steroid dienone is 1. The molecule has 154 valence electrons. The van der Waals surface area contributed by atoms with Gasteiger partial charge in [-0.1, -0.05) is 60.1 Å². The van der Waals surface area contributed by atoms with Gasteiger partial charge in [0.1, 0.15) is 12.4 Å². The summed E-state index contributed by atoms with van der Waals surface area (Å²) < 4.78 is 5.94. The minimum atomic E-state index is 0. The summed E-state index contributed by atoms with van der Waals surface area (Å²) in [6.45, 7) is 2.18. The summed E-state index contributed by atoms with van der Waals surface area (Å²) in [4.78, 5) is 6.97. The Hall–Kier alpha value is -2.75. The van der Waals surface area contributed by atoms with E-state index in [4.69, 9.17) is 21.3 Å². The van der Waals surface area contributed by atoms with Crippen molar-refractivity contribution in [2.75, 3.05) is 25.0 Å². The average molecular weight is 439 g/mol. The minimum absolute atomic E-state index is 0. The van der Waals surface area contributed by atoms with Gasteiger partial charge in [0.05, 0.1) is 12.3 Å². The van der Waals surface area contributed by atoms with E-state index < -0.39 is 0 Å². The lowest BCUT2D eigenvalue weighted by atomic mass is 10.1. The molecule has 0 amide bonds. The van der Waals surface area contributed by atoms with Crippen molar-refractivity contribution in [2.24, 2.45) is 4.99 Å². The van der Waals surface area contributed by atoms with Crippen LogP contribution in [0.5, 0.6) is 5.75 Å². The van der Waals surface area contributed by atoms with E-state index in [1.54, 1.807) is 0 Å². The maximum atomic E-state index is 6.21. The van der Waals surface area contributed by atoms with Gasteiger partial charge in [0.15, 0.2) is 0 Å². The Kier molecular flexibility index (Phi) is 7.56. The summed E-state index contributed by atoms with van der Waals surface area (Å²) in [5, 5.41) is 0.740. The molecule has 1 heterocycles. The van der Waals surface area contributed by atoms with Gasteiger partial charge in [-0.15, -0.1) is 12.4 Å². The Morgan fingerprint density at radius 2 is 1.83 bits per heavy atom. The third-order valence-electron chi connectivity index (χ3n) is 4.90. The number of anilines is 1. The van der Waals surface area contributed by atoms with Gasteiger partial charge in [0.25, 0.3) is 0 Å². The fourth-order valence-electron chi connectivity index (χ4n) is 3.33. The molecule has 0 atom stereocenters. The Morgan fingerprint density at radius 1 is 1.00 bits per heavy atom. The van der Waals surface area contributed by atoms with Gasteiger partial charge in [-0.25, -0.2) is 0 Å². The Morgan fingerprint density at radius 3 is 2.67 bits per heavy atom. The summed E-state index contributed by atoms with van der Waals surface area (Å²) in [6, 6.07) is 24.3. The maximum absolute atomic E-state index is 6.21. The Bertz CT molecular complexity index is 1050. The number of hydrogen-bond acceptors (Lipinski definition) is 3. The van der Waals surface area contributed by atoms with Gasteiger partial charge in [-0.05, 0) is 47.5 Å². The second kappa shape index (κ2) is 10.3. The van der Waals surface area contributed by atoms with Crippen LogP contribution in [0.3, 0.4) is 0 Å². The van der Waals surface area contributed by atoms with E-state index >= 15 is 0 Å². The standard InChI is InChI=1S/C25H23ClN2O.ClH/c1-28-15-14-27-24(23-12-11-21(26)17-25(23)28)13-10-19-8-5-9-22(16-19)29-18-20-6-3-2-4-7-20;/h2-13,16-17H,14-15,18H2,1H3;1H/b13-10+;. The zero-order valence-electron chi connectivity index (χ0n) is 16.8. The molecule has 3 aromatic carbocycles. The first-order valence-corrected chi connectivity index (χ1v) is 10.1. The zero-order chi connectivity index (χ0) is 20.1. The zero-order valence-corrected chi connectivity index (χ0v) is 18.4. The molecule has 0 radical (unpaired) electrons. The molecule has 0 aliphatic carbocycles. The van der Waals surface area contributed by atoms with E-state index in [0.29, 0.717) is 6.61 Å². The van der Waals surface area contributed by atoms with Crippen LogP contribution < -0.4 is 9.64 Å². The monoisotopic (exact) mass is 438 g/mol. The Labute approximate surface area is 189 Å². The molecule has 0 bridgehead atoms. The largest absolute Gasteiger partial charge is 0.489 e. The first-order valence-electron chi connectivity index (χ1n) is 9.69. The average Bonchev–Trinajstić information content (AvgIpc) is 2.90. The third kappa shape index (κ3) is 5.44. The molecule has 0 aromatic heterocycles. The highest BCUT2D eigenvalue weighted by Gasteiger charge is 2.15. The van der Waals surface area contributed by atoms with Gasteiger partial charge < -0.3 is 9.64 Å². The maximum Gasteiger partial charge on any atom is 0.120 e. The lowest BCUT2D eigenvalue weighted by Crippen LogP contribution is -2.20. The molecule has 0 saturated carbocycles. The first-order chi connectivity index (χ1) is 14.2. The highest BCUT2D eigenvalue weighted by molar-refractivity contribution is 6.31. The van der Waals surface area contributed by atoms with Crippen LogP contribution in [-0.4, -0.2) is 25.8 Å². The first kappa shape index (κ1) is 21.9. The van der Waals surface area contributed by atoms with E-state index in [2.05, 4.69) is 42.3 Å². The number of rotatable bonds is 5. The molecule has 3 nitrogen and oxygen atoms in total. The number of hydrogen-bond donors (Lipinski definition) is 0. The van der Waals surface area contributed by atoms with Crippen LogP contribution in [0.4, 0.5) is 5.69 Å². The van der Waals surface area contributed by atoms with Gasteiger partial charge in [-0.3, -0.25) is 4.99 Å². The predicted molar refractivity (Wildman–Crippen MR) is 130 cm³/mol. The highest BCUT2D eigenvalue weighted by atomic mass is 35.5. The van der Waals surface area contributed by atoms with Crippen molar-refractivity contribution in [1.29, 1.82) is 0 Å². The Balaban J connectivity index is 0.00000256. The SMILES string of the molecule is CN1CCN=C(/C=C/c2cccc(OCc3ccccc3)c2)c2ccc(Cl)cc21.Cl. The molecule has 30 heavy (non-hydrogen) atoms. The van der Waals surface area contributed by atoms with E-state index in [1.165, 1.54) is 0 Å². The summed E-state index contributed by atoms with van der Waals surface area (Å²) in [7, 11) is 2.07. The van der Waals surface area contributed by atoms with Crippen LogP contribution in [0.1, 0.15) is 16.7 Å². The topological polar surface area (TPSA) is 24.8 Å². The fraction of sp³-hybridized carbons (Fsp3) is 0.160. The molecule has 0 unspecified atom stereocenters. The molecule has 3 aromatic rings. The predicted octanol–water partition coefficient (Wildman–Crippen LogP) is 6.29. The van der Waals surface area contributed by atoms with E-state index in [9.17, 15) is 0 Å². The number of benzene rings is 3. The van der Waals surface area contributed by atoms with E-state index in [1.807, 2.05) is 54.6 Å². The molecule has 0 N–H and O–H groups in total. The van der Waals surface area contributed by atoms with Crippen molar-refractivity contribution in [3.05, 3.63) is 101 Å². The second-order valence-corrected chi connectivity index (χ2v) is 7.47.